The van der Waals surface area contributed by atoms with Crippen LogP contribution in [-0.2, 0) is 10.1 Å². The fourth-order valence-electron chi connectivity index (χ4n) is 2.88. The van der Waals surface area contributed by atoms with Crippen LogP contribution in [0.15, 0.2) is 48.5 Å². The molecule has 110 valence electrons. The lowest BCUT2D eigenvalue weighted by Gasteiger charge is -2.15. The minimum absolute atomic E-state index is 0.0822. The lowest BCUT2D eigenvalue weighted by Crippen LogP contribution is -2.23. The van der Waals surface area contributed by atoms with Crippen LogP contribution >= 0.6 is 0 Å². The van der Waals surface area contributed by atoms with Gasteiger partial charge in [0.15, 0.2) is 0 Å². The molecule has 0 saturated heterocycles. The van der Waals surface area contributed by atoms with E-state index in [4.69, 9.17) is 4.55 Å². The highest BCUT2D eigenvalue weighted by molar-refractivity contribution is 7.85. The predicted octanol–water partition coefficient (Wildman–Crippen LogP) is 2.62. The molecule has 0 fully saturated rings. The first-order chi connectivity index (χ1) is 10.1. The monoisotopic (exact) mass is 303 g/mol. The van der Waals surface area contributed by atoms with Crippen molar-refractivity contribution >= 4 is 10.1 Å². The zero-order valence-corrected chi connectivity index (χ0v) is 12.3. The number of rotatable bonds is 5. The van der Waals surface area contributed by atoms with Gasteiger partial charge in [0.2, 0.25) is 0 Å². The molecule has 1 aliphatic carbocycles. The number of nitrogens with one attached hydrogen (secondary N) is 1. The fraction of sp³-hybridized carbons (Fsp3) is 0.250. The summed E-state index contributed by atoms with van der Waals surface area (Å²) >= 11 is 0. The van der Waals surface area contributed by atoms with Gasteiger partial charge in [-0.1, -0.05) is 48.5 Å². The smallest absolute Gasteiger partial charge is 0.264 e. The van der Waals surface area contributed by atoms with Gasteiger partial charge in [0, 0.05) is 0 Å². The average molecular weight is 303 g/mol. The van der Waals surface area contributed by atoms with Gasteiger partial charge in [0.05, 0.1) is 11.8 Å². The second-order valence-electron chi connectivity index (χ2n) is 5.20. The summed E-state index contributed by atoms with van der Waals surface area (Å²) in [5.41, 5.74) is 4.87. The fourth-order valence-corrected chi connectivity index (χ4v) is 3.39. The maximum Gasteiger partial charge on any atom is 0.264 e. The Balaban J connectivity index is 1.79. The molecule has 0 aliphatic heterocycles. The molecule has 0 radical (unpaired) electrons. The van der Waals surface area contributed by atoms with Crippen molar-refractivity contribution in [1.29, 1.82) is 0 Å². The average Bonchev–Trinajstić information content (AvgIpc) is 2.77. The van der Waals surface area contributed by atoms with E-state index in [2.05, 4.69) is 29.6 Å². The molecular formula is C16H17NO3S. The third-order valence-electron chi connectivity index (χ3n) is 3.76. The van der Waals surface area contributed by atoms with Crippen molar-refractivity contribution in [2.24, 2.45) is 0 Å². The van der Waals surface area contributed by atoms with Crippen LogP contribution in [0.5, 0.6) is 0 Å². The summed E-state index contributed by atoms with van der Waals surface area (Å²) in [6.07, 6.45) is 0.389. The van der Waals surface area contributed by atoms with E-state index in [0.29, 0.717) is 13.0 Å². The Hall–Kier alpha value is -1.69. The van der Waals surface area contributed by atoms with Gasteiger partial charge in [0.25, 0.3) is 10.1 Å². The van der Waals surface area contributed by atoms with Gasteiger partial charge in [-0.15, -0.1) is 0 Å². The zero-order valence-electron chi connectivity index (χ0n) is 11.5. The summed E-state index contributed by atoms with van der Waals surface area (Å²) in [5, 5.41) is 3.39. The third kappa shape index (κ3) is 3.00. The molecule has 0 spiro atoms. The highest BCUT2D eigenvalue weighted by atomic mass is 32.2. The molecule has 4 nitrogen and oxygen atoms in total. The molecule has 0 aromatic heterocycles. The Morgan fingerprint density at radius 3 is 2.00 bits per heavy atom. The minimum atomic E-state index is -3.88. The molecule has 5 heteroatoms. The normalized spacial score (nSPS) is 14.0. The zero-order chi connectivity index (χ0) is 14.9. The molecule has 0 heterocycles. The van der Waals surface area contributed by atoms with Crippen molar-refractivity contribution in [2.75, 3.05) is 12.3 Å². The molecule has 2 N–H and O–H groups in total. The van der Waals surface area contributed by atoms with Gasteiger partial charge in [0.1, 0.15) is 0 Å². The van der Waals surface area contributed by atoms with Crippen LogP contribution in [0.25, 0.3) is 11.1 Å². The van der Waals surface area contributed by atoms with E-state index in [1.807, 2.05) is 24.3 Å². The van der Waals surface area contributed by atoms with Gasteiger partial charge >= 0.3 is 0 Å². The second-order valence-corrected chi connectivity index (χ2v) is 6.77. The third-order valence-corrected chi connectivity index (χ3v) is 4.57. The lowest BCUT2D eigenvalue weighted by atomic mass is 10.1. The molecule has 21 heavy (non-hydrogen) atoms. The quantitative estimate of drug-likeness (QED) is 0.658. The molecule has 0 amide bonds. The van der Waals surface area contributed by atoms with E-state index in [0.717, 1.165) is 0 Å². The Bertz CT molecular complexity index is 710. The molecule has 0 saturated carbocycles. The number of benzene rings is 2. The highest BCUT2D eigenvalue weighted by Crippen LogP contribution is 2.42. The summed E-state index contributed by atoms with van der Waals surface area (Å²) in [7, 11) is -3.88. The first kappa shape index (κ1) is 14.3. The molecule has 0 unspecified atom stereocenters. The minimum Gasteiger partial charge on any atom is -0.306 e. The van der Waals surface area contributed by atoms with E-state index in [1.54, 1.807) is 0 Å². The Morgan fingerprint density at radius 2 is 1.48 bits per heavy atom. The van der Waals surface area contributed by atoms with E-state index in [9.17, 15) is 8.42 Å². The van der Waals surface area contributed by atoms with Gasteiger partial charge < -0.3 is 5.32 Å². The largest absolute Gasteiger partial charge is 0.306 e. The molecule has 3 rings (SSSR count). The molecule has 1 aliphatic rings. The van der Waals surface area contributed by atoms with Crippen LogP contribution in [0.3, 0.4) is 0 Å². The van der Waals surface area contributed by atoms with E-state index in [1.165, 1.54) is 22.3 Å². The molecule has 2 aromatic carbocycles. The van der Waals surface area contributed by atoms with Crippen LogP contribution in [0.1, 0.15) is 23.6 Å². The van der Waals surface area contributed by atoms with Crippen molar-refractivity contribution in [3.8, 4) is 11.1 Å². The molecule has 0 bridgehead atoms. The summed E-state index contributed by atoms with van der Waals surface area (Å²) in [6, 6.07) is 16.5. The maximum absolute atomic E-state index is 10.8. The number of hydrogen-bond acceptors (Lipinski definition) is 3. The van der Waals surface area contributed by atoms with Crippen molar-refractivity contribution < 1.29 is 13.0 Å². The predicted molar refractivity (Wildman–Crippen MR) is 82.8 cm³/mol. The Morgan fingerprint density at radius 1 is 0.952 bits per heavy atom. The van der Waals surface area contributed by atoms with Crippen molar-refractivity contribution in [1.82, 2.24) is 5.32 Å². The maximum atomic E-state index is 10.8. The summed E-state index contributed by atoms with van der Waals surface area (Å²) < 4.78 is 30.3. The van der Waals surface area contributed by atoms with Gasteiger partial charge in [-0.05, 0) is 35.2 Å². The van der Waals surface area contributed by atoms with Crippen molar-refractivity contribution in [3.63, 3.8) is 0 Å². The summed E-state index contributed by atoms with van der Waals surface area (Å²) in [6.45, 7) is 0.535. The summed E-state index contributed by atoms with van der Waals surface area (Å²) in [5.74, 6) is -0.212. The van der Waals surface area contributed by atoms with Gasteiger partial charge in [-0.25, -0.2) is 0 Å². The molecular weight excluding hydrogens is 286 g/mol. The number of fused-ring (bicyclic) bond motifs is 3. The highest BCUT2D eigenvalue weighted by Gasteiger charge is 2.27. The standard InChI is InChI=1S/C16H17NO3S/c18-21(19,20)11-5-10-17-16-14-8-3-1-6-12(14)13-7-2-4-9-15(13)16/h1-4,6-9,16-17H,5,10-11H2,(H,18,19,20). The number of hydrogen-bond donors (Lipinski definition) is 2. The Kier molecular flexibility index (Phi) is 3.80. The molecule has 0 atom stereocenters. The van der Waals surface area contributed by atoms with Crippen molar-refractivity contribution in [3.05, 3.63) is 59.7 Å². The Labute approximate surface area is 124 Å². The first-order valence-corrected chi connectivity index (χ1v) is 8.54. The van der Waals surface area contributed by atoms with Crippen molar-refractivity contribution in [2.45, 2.75) is 12.5 Å². The van der Waals surface area contributed by atoms with E-state index >= 15 is 0 Å². The first-order valence-electron chi connectivity index (χ1n) is 6.93. The van der Waals surface area contributed by atoms with Crippen LogP contribution in [0.2, 0.25) is 0 Å². The van der Waals surface area contributed by atoms with E-state index < -0.39 is 10.1 Å². The second kappa shape index (κ2) is 5.60. The van der Waals surface area contributed by atoms with Gasteiger partial charge in [-0.2, -0.15) is 8.42 Å². The van der Waals surface area contributed by atoms with Crippen LogP contribution in [0.4, 0.5) is 0 Å². The van der Waals surface area contributed by atoms with Crippen LogP contribution < -0.4 is 5.32 Å². The topological polar surface area (TPSA) is 66.4 Å². The van der Waals surface area contributed by atoms with Crippen LogP contribution in [0, 0.1) is 0 Å². The van der Waals surface area contributed by atoms with E-state index in [-0.39, 0.29) is 11.8 Å². The summed E-state index contributed by atoms with van der Waals surface area (Å²) in [4.78, 5) is 0. The van der Waals surface area contributed by atoms with Gasteiger partial charge in [-0.3, -0.25) is 4.55 Å². The molecule has 2 aromatic rings. The SMILES string of the molecule is O=S(=O)(O)CCCNC1c2ccccc2-c2ccccc21. The van der Waals surface area contributed by atoms with Crippen LogP contribution in [-0.4, -0.2) is 25.3 Å². The lowest BCUT2D eigenvalue weighted by molar-refractivity contribution is 0.478.